The van der Waals surface area contributed by atoms with Crippen LogP contribution >= 0.6 is 0 Å². The second kappa shape index (κ2) is 6.74. The summed E-state index contributed by atoms with van der Waals surface area (Å²) in [6.45, 7) is 5.01. The first kappa shape index (κ1) is 14.8. The van der Waals surface area contributed by atoms with Gasteiger partial charge in [0.15, 0.2) is 0 Å². The summed E-state index contributed by atoms with van der Waals surface area (Å²) in [5, 5.41) is 6.04. The van der Waals surface area contributed by atoms with E-state index in [0.29, 0.717) is 24.3 Å². The van der Waals surface area contributed by atoms with E-state index >= 15 is 0 Å². The number of benzene rings is 1. The van der Waals surface area contributed by atoms with Gasteiger partial charge in [-0.3, -0.25) is 9.78 Å². The average Bonchev–Trinajstić information content (AvgIpc) is 2.47. The van der Waals surface area contributed by atoms with Crippen molar-refractivity contribution in [3.05, 3.63) is 53.3 Å². The number of carbonyl (C=O) groups excluding carboxylic acids is 1. The summed E-state index contributed by atoms with van der Waals surface area (Å²) in [7, 11) is 0. The fourth-order valence-corrected chi connectivity index (χ4v) is 1.96. The van der Waals surface area contributed by atoms with Crippen molar-refractivity contribution in [1.29, 1.82) is 0 Å². The number of nitrogens with zero attached hydrogens (tertiary/aromatic N) is 1. The molecule has 0 aliphatic heterocycles. The van der Waals surface area contributed by atoms with Crippen molar-refractivity contribution in [3.8, 4) is 0 Å². The van der Waals surface area contributed by atoms with E-state index in [9.17, 15) is 4.79 Å². The number of rotatable bonds is 5. The van der Waals surface area contributed by atoms with Crippen LogP contribution in [0, 0.1) is 6.92 Å². The van der Waals surface area contributed by atoms with Crippen molar-refractivity contribution in [1.82, 2.24) is 10.3 Å². The van der Waals surface area contributed by atoms with Gasteiger partial charge in [0.05, 0.1) is 5.56 Å². The minimum atomic E-state index is -0.109. The lowest BCUT2D eigenvalue weighted by Gasteiger charge is -2.12. The van der Waals surface area contributed by atoms with Crippen molar-refractivity contribution in [2.45, 2.75) is 20.4 Å². The SMILES string of the molecule is CCNC(=O)c1ccc(N)cc1NCc1ccc(C)nc1. The predicted octanol–water partition coefficient (Wildman–Crippen LogP) is 2.33. The van der Waals surface area contributed by atoms with Crippen LogP contribution in [-0.2, 0) is 6.54 Å². The topological polar surface area (TPSA) is 80.0 Å². The van der Waals surface area contributed by atoms with Gasteiger partial charge in [0.1, 0.15) is 0 Å². The van der Waals surface area contributed by atoms with Crippen LogP contribution in [0.15, 0.2) is 36.5 Å². The fourth-order valence-electron chi connectivity index (χ4n) is 1.96. The first-order valence-electron chi connectivity index (χ1n) is 6.93. The van der Waals surface area contributed by atoms with Gasteiger partial charge >= 0.3 is 0 Å². The van der Waals surface area contributed by atoms with Gasteiger partial charge in [0.25, 0.3) is 5.91 Å². The average molecular weight is 284 g/mol. The van der Waals surface area contributed by atoms with Gasteiger partial charge in [0.2, 0.25) is 0 Å². The Kier molecular flexibility index (Phi) is 4.77. The zero-order chi connectivity index (χ0) is 15.2. The molecule has 0 unspecified atom stereocenters. The minimum Gasteiger partial charge on any atom is -0.399 e. The van der Waals surface area contributed by atoms with Gasteiger partial charge in [-0.2, -0.15) is 0 Å². The smallest absolute Gasteiger partial charge is 0.253 e. The van der Waals surface area contributed by atoms with Crippen LogP contribution in [0.25, 0.3) is 0 Å². The van der Waals surface area contributed by atoms with Crippen LogP contribution in [0.4, 0.5) is 11.4 Å². The highest BCUT2D eigenvalue weighted by Gasteiger charge is 2.10. The third-order valence-corrected chi connectivity index (χ3v) is 3.08. The summed E-state index contributed by atoms with van der Waals surface area (Å²) in [5.41, 5.74) is 9.76. The van der Waals surface area contributed by atoms with E-state index in [0.717, 1.165) is 16.9 Å². The Hall–Kier alpha value is -2.56. The molecule has 0 radical (unpaired) electrons. The summed E-state index contributed by atoms with van der Waals surface area (Å²) >= 11 is 0. The van der Waals surface area contributed by atoms with Crippen LogP contribution in [0.5, 0.6) is 0 Å². The maximum atomic E-state index is 12.0. The molecule has 1 amide bonds. The fraction of sp³-hybridized carbons (Fsp3) is 0.250. The summed E-state index contributed by atoms with van der Waals surface area (Å²) in [5.74, 6) is -0.109. The Morgan fingerprint density at radius 2 is 2.10 bits per heavy atom. The normalized spacial score (nSPS) is 10.2. The Balaban J connectivity index is 2.16. The van der Waals surface area contributed by atoms with Crippen LogP contribution < -0.4 is 16.4 Å². The van der Waals surface area contributed by atoms with E-state index in [4.69, 9.17) is 5.73 Å². The van der Waals surface area contributed by atoms with E-state index in [2.05, 4.69) is 15.6 Å². The molecular weight excluding hydrogens is 264 g/mol. The number of hydrogen-bond acceptors (Lipinski definition) is 4. The van der Waals surface area contributed by atoms with E-state index in [1.165, 1.54) is 0 Å². The maximum absolute atomic E-state index is 12.0. The minimum absolute atomic E-state index is 0.109. The lowest BCUT2D eigenvalue weighted by Crippen LogP contribution is -2.24. The number of aryl methyl sites for hydroxylation is 1. The Morgan fingerprint density at radius 1 is 1.29 bits per heavy atom. The van der Waals surface area contributed by atoms with Gasteiger partial charge < -0.3 is 16.4 Å². The highest BCUT2D eigenvalue weighted by molar-refractivity contribution is 6.00. The summed E-state index contributed by atoms with van der Waals surface area (Å²) in [6, 6.07) is 9.19. The number of nitrogens with one attached hydrogen (secondary N) is 2. The highest BCUT2D eigenvalue weighted by Crippen LogP contribution is 2.20. The van der Waals surface area contributed by atoms with E-state index in [-0.39, 0.29) is 5.91 Å². The number of anilines is 2. The molecule has 2 rings (SSSR count). The van der Waals surface area contributed by atoms with E-state index in [1.54, 1.807) is 18.2 Å². The van der Waals surface area contributed by atoms with Gasteiger partial charge in [-0.05, 0) is 43.7 Å². The molecule has 0 spiro atoms. The second-order valence-corrected chi connectivity index (χ2v) is 4.83. The third-order valence-electron chi connectivity index (χ3n) is 3.08. The third kappa shape index (κ3) is 3.95. The van der Waals surface area contributed by atoms with Crippen LogP contribution in [0.3, 0.4) is 0 Å². The zero-order valence-electron chi connectivity index (χ0n) is 12.3. The number of nitrogen functional groups attached to an aromatic ring is 1. The quantitative estimate of drug-likeness (QED) is 0.736. The summed E-state index contributed by atoms with van der Waals surface area (Å²) in [4.78, 5) is 16.3. The van der Waals surface area contributed by atoms with Crippen molar-refractivity contribution in [3.63, 3.8) is 0 Å². The molecule has 0 aliphatic rings. The monoisotopic (exact) mass is 284 g/mol. The number of nitrogens with two attached hydrogens (primary N) is 1. The molecule has 5 heteroatoms. The molecular formula is C16H20N4O. The number of pyridine rings is 1. The second-order valence-electron chi connectivity index (χ2n) is 4.83. The van der Waals surface area contributed by atoms with Crippen LogP contribution in [-0.4, -0.2) is 17.4 Å². The summed E-state index contributed by atoms with van der Waals surface area (Å²) in [6.07, 6.45) is 1.82. The molecule has 1 aromatic carbocycles. The van der Waals surface area contributed by atoms with Crippen molar-refractivity contribution < 1.29 is 4.79 Å². The molecule has 110 valence electrons. The number of hydrogen-bond donors (Lipinski definition) is 3. The van der Waals surface area contributed by atoms with Gasteiger partial charge in [0, 0.05) is 36.4 Å². The van der Waals surface area contributed by atoms with Crippen molar-refractivity contribution >= 4 is 17.3 Å². The number of amides is 1. The Bertz CT molecular complexity index is 623. The van der Waals surface area contributed by atoms with Gasteiger partial charge in [-0.25, -0.2) is 0 Å². The molecule has 0 saturated carbocycles. The molecule has 0 atom stereocenters. The standard InChI is InChI=1S/C16H20N4O/c1-3-18-16(21)14-7-6-13(17)8-15(14)20-10-12-5-4-11(2)19-9-12/h4-9,20H,3,10,17H2,1-2H3,(H,18,21). The molecule has 0 fully saturated rings. The maximum Gasteiger partial charge on any atom is 0.253 e. The largest absolute Gasteiger partial charge is 0.399 e. The van der Waals surface area contributed by atoms with Crippen LogP contribution in [0.1, 0.15) is 28.5 Å². The zero-order valence-corrected chi connectivity index (χ0v) is 12.3. The highest BCUT2D eigenvalue weighted by atomic mass is 16.1. The first-order chi connectivity index (χ1) is 10.1. The lowest BCUT2D eigenvalue weighted by molar-refractivity contribution is 0.0956. The first-order valence-corrected chi connectivity index (χ1v) is 6.93. The van der Waals surface area contributed by atoms with Gasteiger partial charge in [-0.15, -0.1) is 0 Å². The Labute approximate surface area is 124 Å². The molecule has 0 bridgehead atoms. The number of carbonyl (C=O) groups is 1. The molecule has 1 aromatic heterocycles. The molecule has 2 aromatic rings. The molecule has 21 heavy (non-hydrogen) atoms. The molecule has 5 nitrogen and oxygen atoms in total. The molecule has 4 N–H and O–H groups in total. The Morgan fingerprint density at radius 3 is 2.76 bits per heavy atom. The van der Waals surface area contributed by atoms with Crippen molar-refractivity contribution in [2.24, 2.45) is 0 Å². The number of aromatic nitrogens is 1. The molecule has 0 aliphatic carbocycles. The lowest BCUT2D eigenvalue weighted by atomic mass is 10.1. The molecule has 0 saturated heterocycles. The van der Waals surface area contributed by atoms with E-state index < -0.39 is 0 Å². The van der Waals surface area contributed by atoms with Gasteiger partial charge in [-0.1, -0.05) is 6.07 Å². The molecule has 1 heterocycles. The van der Waals surface area contributed by atoms with Crippen molar-refractivity contribution in [2.75, 3.05) is 17.6 Å². The van der Waals surface area contributed by atoms with Crippen LogP contribution in [0.2, 0.25) is 0 Å². The summed E-state index contributed by atoms with van der Waals surface area (Å²) < 4.78 is 0. The van der Waals surface area contributed by atoms with E-state index in [1.807, 2.05) is 32.2 Å². The predicted molar refractivity (Wildman–Crippen MR) is 85.2 cm³/mol.